The van der Waals surface area contributed by atoms with Crippen molar-refractivity contribution in [1.82, 2.24) is 0 Å². The second kappa shape index (κ2) is 5.75. The number of rotatable bonds is 4. The first-order valence-corrected chi connectivity index (χ1v) is 6.16. The van der Waals surface area contributed by atoms with Crippen LogP contribution in [0.15, 0.2) is 22.7 Å². The van der Waals surface area contributed by atoms with Gasteiger partial charge < -0.3 is 10.5 Å². The number of aryl methyl sites for hydroxylation is 1. The van der Waals surface area contributed by atoms with E-state index in [9.17, 15) is 13.6 Å². The largest absolute Gasteiger partial charge is 0.462 e. The second-order valence-electron chi connectivity index (χ2n) is 3.85. The molecular weight excluding hydrogens is 308 g/mol. The number of carbonyl (C=O) groups is 1. The maximum atomic E-state index is 13.7. The van der Waals surface area contributed by atoms with Gasteiger partial charge >= 0.3 is 11.9 Å². The summed E-state index contributed by atoms with van der Waals surface area (Å²) in [6, 6.07) is 3.04. The van der Waals surface area contributed by atoms with Crippen molar-refractivity contribution in [3.63, 3.8) is 0 Å². The molecule has 0 aliphatic carbocycles. The minimum absolute atomic E-state index is 0.115. The van der Waals surface area contributed by atoms with Crippen LogP contribution in [0.2, 0.25) is 0 Å². The molecule has 100 valence electrons. The van der Waals surface area contributed by atoms with Crippen LogP contribution in [0.1, 0.15) is 24.1 Å². The highest BCUT2D eigenvalue weighted by Crippen LogP contribution is 2.34. The van der Waals surface area contributed by atoms with E-state index < -0.39 is 17.9 Å². The number of esters is 1. The van der Waals surface area contributed by atoms with Crippen LogP contribution in [-0.4, -0.2) is 18.5 Å². The lowest BCUT2D eigenvalue weighted by Crippen LogP contribution is -2.41. The molecule has 18 heavy (non-hydrogen) atoms. The van der Waals surface area contributed by atoms with Crippen molar-refractivity contribution in [2.75, 3.05) is 6.61 Å². The summed E-state index contributed by atoms with van der Waals surface area (Å²) in [5.74, 6) is -5.36. The zero-order chi connectivity index (χ0) is 13.9. The van der Waals surface area contributed by atoms with Gasteiger partial charge in [0.1, 0.15) is 6.04 Å². The fraction of sp³-hybridized carbons (Fsp3) is 0.417. The first kappa shape index (κ1) is 15.0. The summed E-state index contributed by atoms with van der Waals surface area (Å²) in [6.07, 6.45) is 0. The van der Waals surface area contributed by atoms with Gasteiger partial charge in [0.2, 0.25) is 0 Å². The Balaban J connectivity index is 3.05. The Morgan fingerprint density at radius 2 is 2.17 bits per heavy atom. The Labute approximate surface area is 112 Å². The zero-order valence-electron chi connectivity index (χ0n) is 10.0. The quantitative estimate of drug-likeness (QED) is 0.867. The zero-order valence-corrected chi connectivity index (χ0v) is 11.6. The Morgan fingerprint density at radius 1 is 1.56 bits per heavy atom. The van der Waals surface area contributed by atoms with Gasteiger partial charge in [0, 0.05) is 4.47 Å². The SMILES string of the molecule is CCOC(=O)C(F)(F)[C@H](N)c1ccc(C)cc1Br. The molecule has 0 radical (unpaired) electrons. The first-order chi connectivity index (χ1) is 8.30. The van der Waals surface area contributed by atoms with E-state index in [1.807, 2.05) is 6.92 Å². The van der Waals surface area contributed by atoms with Crippen LogP contribution in [0, 0.1) is 6.92 Å². The fourth-order valence-corrected chi connectivity index (χ4v) is 2.17. The van der Waals surface area contributed by atoms with Crippen LogP contribution in [0.25, 0.3) is 0 Å². The second-order valence-corrected chi connectivity index (χ2v) is 4.70. The van der Waals surface area contributed by atoms with Crippen molar-refractivity contribution in [3.8, 4) is 0 Å². The highest BCUT2D eigenvalue weighted by atomic mass is 79.9. The normalized spacial score (nSPS) is 13.2. The number of carbonyl (C=O) groups excluding carboxylic acids is 1. The van der Waals surface area contributed by atoms with E-state index in [1.165, 1.54) is 13.0 Å². The highest BCUT2D eigenvalue weighted by molar-refractivity contribution is 9.10. The average molecular weight is 322 g/mol. The summed E-state index contributed by atoms with van der Waals surface area (Å²) in [5, 5.41) is 0. The van der Waals surface area contributed by atoms with Crippen LogP contribution in [-0.2, 0) is 9.53 Å². The van der Waals surface area contributed by atoms with Crippen LogP contribution in [0.5, 0.6) is 0 Å². The van der Waals surface area contributed by atoms with Gasteiger partial charge in [-0.3, -0.25) is 0 Å². The Bertz CT molecular complexity index is 452. The smallest absolute Gasteiger partial charge is 0.379 e. The van der Waals surface area contributed by atoms with Gasteiger partial charge in [-0.25, -0.2) is 4.79 Å². The lowest BCUT2D eigenvalue weighted by Gasteiger charge is -2.22. The van der Waals surface area contributed by atoms with Gasteiger partial charge in [-0.1, -0.05) is 28.1 Å². The first-order valence-electron chi connectivity index (χ1n) is 5.37. The van der Waals surface area contributed by atoms with E-state index in [-0.39, 0.29) is 12.2 Å². The van der Waals surface area contributed by atoms with Crippen molar-refractivity contribution in [3.05, 3.63) is 33.8 Å². The van der Waals surface area contributed by atoms with Crippen molar-refractivity contribution >= 4 is 21.9 Å². The van der Waals surface area contributed by atoms with Gasteiger partial charge in [-0.2, -0.15) is 8.78 Å². The number of hydrogen-bond acceptors (Lipinski definition) is 3. The predicted molar refractivity (Wildman–Crippen MR) is 67.4 cm³/mol. The van der Waals surface area contributed by atoms with Crippen LogP contribution >= 0.6 is 15.9 Å². The van der Waals surface area contributed by atoms with Crippen molar-refractivity contribution < 1.29 is 18.3 Å². The molecule has 3 nitrogen and oxygen atoms in total. The summed E-state index contributed by atoms with van der Waals surface area (Å²) in [4.78, 5) is 11.2. The molecule has 1 rings (SSSR count). The fourth-order valence-electron chi connectivity index (χ4n) is 1.43. The number of alkyl halides is 2. The minimum atomic E-state index is -3.76. The lowest BCUT2D eigenvalue weighted by atomic mass is 10.0. The lowest BCUT2D eigenvalue weighted by molar-refractivity contribution is -0.174. The minimum Gasteiger partial charge on any atom is -0.462 e. The molecule has 2 N–H and O–H groups in total. The van der Waals surface area contributed by atoms with Crippen LogP contribution in [0.4, 0.5) is 8.78 Å². The summed E-state index contributed by atoms with van der Waals surface area (Å²) in [7, 11) is 0. The molecule has 0 spiro atoms. The Morgan fingerprint density at radius 3 is 2.67 bits per heavy atom. The Hall–Kier alpha value is -1.01. The van der Waals surface area contributed by atoms with E-state index in [4.69, 9.17) is 5.73 Å². The maximum Gasteiger partial charge on any atom is 0.379 e. The molecule has 0 aromatic heterocycles. The molecule has 0 aliphatic rings. The molecule has 0 bridgehead atoms. The van der Waals surface area contributed by atoms with Crippen LogP contribution in [0.3, 0.4) is 0 Å². The monoisotopic (exact) mass is 321 g/mol. The summed E-state index contributed by atoms with van der Waals surface area (Å²) in [5.41, 5.74) is 6.54. The molecular formula is C12H14BrF2NO2. The highest BCUT2D eigenvalue weighted by Gasteiger charge is 2.48. The van der Waals surface area contributed by atoms with Crippen LogP contribution < -0.4 is 5.73 Å². The number of halogens is 3. The third-order valence-electron chi connectivity index (χ3n) is 2.43. The number of ether oxygens (including phenoxy) is 1. The van der Waals surface area contributed by atoms with Crippen molar-refractivity contribution in [2.45, 2.75) is 25.8 Å². The molecule has 1 atom stereocenters. The van der Waals surface area contributed by atoms with E-state index >= 15 is 0 Å². The van der Waals surface area contributed by atoms with Crippen molar-refractivity contribution in [1.29, 1.82) is 0 Å². The van der Waals surface area contributed by atoms with Gasteiger partial charge in [0.25, 0.3) is 0 Å². The van der Waals surface area contributed by atoms with E-state index in [1.54, 1.807) is 12.1 Å². The molecule has 0 saturated carbocycles. The third kappa shape index (κ3) is 3.05. The topological polar surface area (TPSA) is 52.3 Å². The van der Waals surface area contributed by atoms with Gasteiger partial charge in [-0.15, -0.1) is 0 Å². The molecule has 0 unspecified atom stereocenters. The standard InChI is InChI=1S/C12H14BrF2NO2/c1-3-18-11(17)12(14,15)10(16)8-5-4-7(2)6-9(8)13/h4-6,10H,3,16H2,1-2H3/t10-/m1/s1. The van der Waals surface area contributed by atoms with E-state index in [0.717, 1.165) is 5.56 Å². The summed E-state index contributed by atoms with van der Waals surface area (Å²) < 4.78 is 32.3. The number of hydrogen-bond donors (Lipinski definition) is 1. The Kier molecular flexibility index (Phi) is 4.81. The number of nitrogens with two attached hydrogens (primary N) is 1. The maximum absolute atomic E-state index is 13.7. The van der Waals surface area contributed by atoms with E-state index in [2.05, 4.69) is 20.7 Å². The molecule has 6 heteroatoms. The predicted octanol–water partition coefficient (Wildman–Crippen LogP) is 2.96. The van der Waals surface area contributed by atoms with Crippen molar-refractivity contribution in [2.24, 2.45) is 5.73 Å². The molecule has 0 fully saturated rings. The molecule has 1 aromatic rings. The van der Waals surface area contributed by atoms with Gasteiger partial charge in [-0.05, 0) is 31.0 Å². The molecule has 0 heterocycles. The molecule has 0 amide bonds. The molecule has 0 saturated heterocycles. The van der Waals surface area contributed by atoms with E-state index in [0.29, 0.717) is 4.47 Å². The summed E-state index contributed by atoms with van der Waals surface area (Å²) >= 11 is 3.16. The number of benzene rings is 1. The molecule has 1 aromatic carbocycles. The average Bonchev–Trinajstić information content (AvgIpc) is 2.28. The molecule has 0 aliphatic heterocycles. The van der Waals surface area contributed by atoms with Gasteiger partial charge in [0.15, 0.2) is 0 Å². The van der Waals surface area contributed by atoms with Gasteiger partial charge in [0.05, 0.1) is 6.61 Å². The summed E-state index contributed by atoms with van der Waals surface area (Å²) in [6.45, 7) is 3.17. The third-order valence-corrected chi connectivity index (χ3v) is 3.12.